The van der Waals surface area contributed by atoms with Crippen LogP contribution in [0, 0.1) is 6.92 Å². The van der Waals surface area contributed by atoms with Crippen LogP contribution in [0.2, 0.25) is 0 Å². The molecule has 0 aliphatic heterocycles. The summed E-state index contributed by atoms with van der Waals surface area (Å²) in [5, 5.41) is 0. The molecule has 0 saturated heterocycles. The lowest BCUT2D eigenvalue weighted by Crippen LogP contribution is -1.95. The minimum atomic E-state index is -3.57. The Labute approximate surface area is 90.5 Å². The van der Waals surface area contributed by atoms with Crippen LogP contribution < -0.4 is 0 Å². The SMILES string of the molecule is Cc1nc2cc(CS(=O)(=O)Cl)cnc2o1. The molecule has 0 aliphatic carbocycles. The van der Waals surface area contributed by atoms with E-state index in [-0.39, 0.29) is 5.75 Å². The molecular formula is C8H7ClN2O3S. The third-order valence-electron chi connectivity index (χ3n) is 1.75. The number of nitrogens with zero attached hydrogens (tertiary/aromatic N) is 2. The molecule has 0 saturated carbocycles. The Morgan fingerprint density at radius 1 is 1.53 bits per heavy atom. The van der Waals surface area contributed by atoms with Crippen molar-refractivity contribution in [1.29, 1.82) is 0 Å². The van der Waals surface area contributed by atoms with Gasteiger partial charge in [0.05, 0.1) is 5.75 Å². The lowest BCUT2D eigenvalue weighted by molar-refractivity contribution is 0.551. The molecule has 0 spiro atoms. The maximum absolute atomic E-state index is 10.8. The second-order valence-electron chi connectivity index (χ2n) is 3.08. The first-order chi connectivity index (χ1) is 6.94. The van der Waals surface area contributed by atoms with Gasteiger partial charge in [0.2, 0.25) is 14.8 Å². The van der Waals surface area contributed by atoms with Gasteiger partial charge in [-0.2, -0.15) is 0 Å². The molecule has 7 heteroatoms. The summed E-state index contributed by atoms with van der Waals surface area (Å²) < 4.78 is 26.8. The Hall–Kier alpha value is -1.14. The van der Waals surface area contributed by atoms with Crippen molar-refractivity contribution in [1.82, 2.24) is 9.97 Å². The molecule has 5 nitrogen and oxygen atoms in total. The number of oxazole rings is 1. The molecule has 2 aromatic rings. The van der Waals surface area contributed by atoms with Gasteiger partial charge in [-0.25, -0.2) is 18.4 Å². The summed E-state index contributed by atoms with van der Waals surface area (Å²) in [5.74, 6) is 0.229. The molecule has 15 heavy (non-hydrogen) atoms. The van der Waals surface area contributed by atoms with E-state index in [1.165, 1.54) is 6.20 Å². The summed E-state index contributed by atoms with van der Waals surface area (Å²) in [6, 6.07) is 1.60. The highest BCUT2D eigenvalue weighted by atomic mass is 35.7. The maximum atomic E-state index is 10.8. The summed E-state index contributed by atoms with van der Waals surface area (Å²) >= 11 is 0. The molecule has 0 atom stereocenters. The van der Waals surface area contributed by atoms with Crippen molar-refractivity contribution in [2.24, 2.45) is 0 Å². The van der Waals surface area contributed by atoms with E-state index in [4.69, 9.17) is 15.1 Å². The van der Waals surface area contributed by atoms with Crippen LogP contribution in [-0.4, -0.2) is 18.4 Å². The molecule has 2 aromatic heterocycles. The van der Waals surface area contributed by atoms with Crippen molar-refractivity contribution >= 4 is 31.0 Å². The number of aryl methyl sites for hydroxylation is 1. The quantitative estimate of drug-likeness (QED) is 0.753. The number of pyridine rings is 1. The average Bonchev–Trinajstić information content (AvgIpc) is 2.40. The Morgan fingerprint density at radius 3 is 2.93 bits per heavy atom. The molecular weight excluding hydrogens is 240 g/mol. The van der Waals surface area contributed by atoms with Crippen LogP contribution >= 0.6 is 10.7 Å². The van der Waals surface area contributed by atoms with Gasteiger partial charge in [0.15, 0.2) is 5.89 Å². The number of rotatable bonds is 2. The second-order valence-corrected chi connectivity index (χ2v) is 5.86. The number of fused-ring (bicyclic) bond motifs is 1. The van der Waals surface area contributed by atoms with Gasteiger partial charge in [-0.05, 0) is 11.6 Å². The number of aromatic nitrogens is 2. The van der Waals surface area contributed by atoms with E-state index in [1.54, 1.807) is 13.0 Å². The van der Waals surface area contributed by atoms with E-state index >= 15 is 0 Å². The number of hydrogen-bond acceptors (Lipinski definition) is 5. The smallest absolute Gasteiger partial charge is 0.246 e. The van der Waals surface area contributed by atoms with Gasteiger partial charge in [-0.1, -0.05) is 0 Å². The van der Waals surface area contributed by atoms with Gasteiger partial charge in [0.25, 0.3) is 0 Å². The Morgan fingerprint density at radius 2 is 2.27 bits per heavy atom. The van der Waals surface area contributed by atoms with Gasteiger partial charge in [0.1, 0.15) is 5.52 Å². The standard InChI is InChI=1S/C8H7ClN2O3S/c1-5-11-7-2-6(4-15(9,12)13)3-10-8(7)14-5/h2-3H,4H2,1H3. The van der Waals surface area contributed by atoms with E-state index in [9.17, 15) is 8.42 Å². The number of hydrogen-bond donors (Lipinski definition) is 0. The fraction of sp³-hybridized carbons (Fsp3) is 0.250. The third-order valence-corrected chi connectivity index (χ3v) is 2.76. The van der Waals surface area contributed by atoms with Crippen LogP contribution in [0.15, 0.2) is 16.7 Å². The number of halogens is 1. The molecule has 0 unspecified atom stereocenters. The zero-order valence-electron chi connectivity index (χ0n) is 7.77. The highest BCUT2D eigenvalue weighted by molar-refractivity contribution is 8.13. The molecule has 0 radical (unpaired) electrons. The van der Waals surface area contributed by atoms with Crippen molar-refractivity contribution in [3.63, 3.8) is 0 Å². The van der Waals surface area contributed by atoms with Crippen molar-refractivity contribution in [2.45, 2.75) is 12.7 Å². The monoisotopic (exact) mass is 246 g/mol. The van der Waals surface area contributed by atoms with Gasteiger partial charge >= 0.3 is 0 Å². The van der Waals surface area contributed by atoms with Crippen LogP contribution in [-0.2, 0) is 14.8 Å². The molecule has 2 rings (SSSR count). The topological polar surface area (TPSA) is 73.1 Å². The molecule has 0 fully saturated rings. The van der Waals surface area contributed by atoms with Crippen LogP contribution in [0.1, 0.15) is 11.5 Å². The highest BCUT2D eigenvalue weighted by Gasteiger charge is 2.10. The summed E-state index contributed by atoms with van der Waals surface area (Å²) in [6.07, 6.45) is 1.41. The first kappa shape index (κ1) is 10.4. The van der Waals surface area contributed by atoms with Crippen molar-refractivity contribution < 1.29 is 12.8 Å². The summed E-state index contributed by atoms with van der Waals surface area (Å²) in [5.41, 5.74) is 1.42. The first-order valence-electron chi connectivity index (χ1n) is 4.08. The Bertz CT molecular complexity index is 605. The van der Waals surface area contributed by atoms with Crippen molar-refractivity contribution in [3.8, 4) is 0 Å². The van der Waals surface area contributed by atoms with Crippen molar-refractivity contribution in [2.75, 3.05) is 0 Å². The molecule has 2 heterocycles. The summed E-state index contributed by atoms with van der Waals surface area (Å²) in [4.78, 5) is 7.97. The fourth-order valence-corrected chi connectivity index (χ4v) is 2.19. The largest absolute Gasteiger partial charge is 0.423 e. The third kappa shape index (κ3) is 2.45. The molecule has 0 aromatic carbocycles. The van der Waals surface area contributed by atoms with Gasteiger partial charge in [-0.3, -0.25) is 0 Å². The average molecular weight is 247 g/mol. The Kier molecular flexibility index (Phi) is 2.40. The van der Waals surface area contributed by atoms with E-state index < -0.39 is 9.05 Å². The van der Waals surface area contributed by atoms with Crippen LogP contribution in [0.25, 0.3) is 11.2 Å². The van der Waals surface area contributed by atoms with Crippen LogP contribution in [0.5, 0.6) is 0 Å². The molecule has 0 amide bonds. The molecule has 0 N–H and O–H groups in total. The molecule has 0 aliphatic rings. The minimum absolute atomic E-state index is 0.261. The predicted molar refractivity (Wildman–Crippen MR) is 55.0 cm³/mol. The molecule has 80 valence electrons. The van der Waals surface area contributed by atoms with E-state index in [1.807, 2.05) is 0 Å². The first-order valence-corrected chi connectivity index (χ1v) is 6.56. The summed E-state index contributed by atoms with van der Waals surface area (Å²) in [7, 11) is 1.56. The highest BCUT2D eigenvalue weighted by Crippen LogP contribution is 2.16. The van der Waals surface area contributed by atoms with E-state index in [0.29, 0.717) is 22.7 Å². The zero-order chi connectivity index (χ0) is 11.1. The van der Waals surface area contributed by atoms with Crippen LogP contribution in [0.4, 0.5) is 0 Å². The lowest BCUT2D eigenvalue weighted by Gasteiger charge is -1.95. The van der Waals surface area contributed by atoms with Crippen LogP contribution in [0.3, 0.4) is 0 Å². The summed E-state index contributed by atoms with van der Waals surface area (Å²) in [6.45, 7) is 1.69. The van der Waals surface area contributed by atoms with Crippen molar-refractivity contribution in [3.05, 3.63) is 23.7 Å². The second kappa shape index (κ2) is 3.46. The fourth-order valence-electron chi connectivity index (χ4n) is 1.25. The zero-order valence-corrected chi connectivity index (χ0v) is 9.34. The van der Waals surface area contributed by atoms with Gasteiger partial charge in [-0.15, -0.1) is 0 Å². The van der Waals surface area contributed by atoms with Gasteiger partial charge in [0, 0.05) is 23.8 Å². The maximum Gasteiger partial charge on any atom is 0.246 e. The van der Waals surface area contributed by atoms with E-state index in [0.717, 1.165) is 0 Å². The minimum Gasteiger partial charge on any atom is -0.423 e. The van der Waals surface area contributed by atoms with E-state index in [2.05, 4.69) is 9.97 Å². The van der Waals surface area contributed by atoms with Gasteiger partial charge < -0.3 is 4.42 Å². The lowest BCUT2D eigenvalue weighted by atomic mass is 10.3. The predicted octanol–water partition coefficient (Wildman–Crippen LogP) is 1.60. The normalized spacial score (nSPS) is 12.1. The Balaban J connectivity index is 2.47. The molecule has 0 bridgehead atoms.